The van der Waals surface area contributed by atoms with Gasteiger partial charge in [-0.05, 0) is 69.8 Å². The molecule has 0 atom stereocenters. The van der Waals surface area contributed by atoms with E-state index in [1.165, 1.54) is 59.6 Å². The summed E-state index contributed by atoms with van der Waals surface area (Å²) in [5, 5.41) is 0. The fraction of sp³-hybridized carbons (Fsp3) is 0. The fourth-order valence-electron chi connectivity index (χ4n) is 7.82. The van der Waals surface area contributed by atoms with Gasteiger partial charge in [0, 0.05) is 38.2 Å². The molecule has 0 radical (unpaired) electrons. The van der Waals surface area contributed by atoms with Gasteiger partial charge in [0.15, 0.2) is 0 Å². The maximum Gasteiger partial charge on any atom is 0.252 e. The molecule has 0 fully saturated rings. The lowest BCUT2D eigenvalue weighted by Crippen LogP contribution is -2.68. The van der Waals surface area contributed by atoms with Crippen molar-refractivity contribution in [2.24, 2.45) is 0 Å². The van der Waals surface area contributed by atoms with Crippen molar-refractivity contribution in [2.45, 2.75) is 9.79 Å². The van der Waals surface area contributed by atoms with E-state index in [2.05, 4.69) is 113 Å². The van der Waals surface area contributed by atoms with Gasteiger partial charge in [0.25, 0.3) is 6.71 Å². The molecule has 6 aromatic rings. The average molecular weight is 554 g/mol. The molecule has 0 aromatic heterocycles. The van der Waals surface area contributed by atoms with Gasteiger partial charge in [-0.2, -0.15) is 0 Å². The normalized spacial score (nSPS) is 14.5. The Hall–Kier alpha value is -4.67. The molecule has 0 amide bonds. The summed E-state index contributed by atoms with van der Waals surface area (Å²) in [6, 6.07) is 44.6. The van der Waals surface area contributed by atoms with Gasteiger partial charge in [0.2, 0.25) is 6.71 Å². The van der Waals surface area contributed by atoms with Crippen LogP contribution in [0.25, 0.3) is 0 Å². The molecule has 0 aliphatic carbocycles. The number of benzene rings is 6. The van der Waals surface area contributed by atoms with Gasteiger partial charge in [-0.15, -0.1) is 0 Å². The maximum absolute atomic E-state index is 15.7. The minimum absolute atomic E-state index is 0.0417. The standard InChI is InChI=1S/C36H21B2FN2S/c39-26-15-5-9-19-30(26)40-27-16-6-1-11-22(27)37-23-12-2-7-17-28(23)41-29-18-8-3-13-24(29)38-25-14-4-10-20-32(25)42-33-21-31(40)34(37)36(41)35(33)38/h1-21H. The Balaban J connectivity index is 1.40. The van der Waals surface area contributed by atoms with Crippen molar-refractivity contribution in [2.75, 3.05) is 9.80 Å². The molecular weight excluding hydrogens is 533 g/mol. The monoisotopic (exact) mass is 554 g/mol. The Bertz CT molecular complexity index is 2140. The first-order valence-electron chi connectivity index (χ1n) is 14.4. The predicted molar refractivity (Wildman–Crippen MR) is 176 cm³/mol. The minimum Gasteiger partial charge on any atom is -0.312 e. The molecule has 42 heavy (non-hydrogen) atoms. The number of halogens is 1. The number of hydrogen-bond acceptors (Lipinski definition) is 3. The number of fused-ring (bicyclic) bond motifs is 10. The first-order valence-corrected chi connectivity index (χ1v) is 15.2. The fourth-order valence-corrected chi connectivity index (χ4v) is 9.01. The molecule has 6 heteroatoms. The third-order valence-electron chi connectivity index (χ3n) is 9.37. The Kier molecular flexibility index (Phi) is 4.49. The highest BCUT2D eigenvalue weighted by Gasteiger charge is 2.50. The van der Waals surface area contributed by atoms with E-state index < -0.39 is 0 Å². The summed E-state index contributed by atoms with van der Waals surface area (Å²) in [5.74, 6) is -0.224. The molecule has 0 bridgehead atoms. The van der Waals surface area contributed by atoms with Crippen LogP contribution in [0.15, 0.2) is 137 Å². The zero-order valence-corrected chi connectivity index (χ0v) is 23.3. The summed E-state index contributed by atoms with van der Waals surface area (Å²) in [7, 11) is 0. The molecule has 10 rings (SSSR count). The highest BCUT2D eigenvalue weighted by Crippen LogP contribution is 2.48. The summed E-state index contributed by atoms with van der Waals surface area (Å²) < 4.78 is 15.7. The molecule has 0 spiro atoms. The van der Waals surface area contributed by atoms with Crippen LogP contribution in [0.5, 0.6) is 0 Å². The third-order valence-corrected chi connectivity index (χ3v) is 10.5. The molecule has 4 heterocycles. The van der Waals surface area contributed by atoms with Gasteiger partial charge in [-0.1, -0.05) is 102 Å². The Labute approximate surface area is 248 Å². The summed E-state index contributed by atoms with van der Waals surface area (Å²) in [4.78, 5) is 7.19. The van der Waals surface area contributed by atoms with Gasteiger partial charge < -0.3 is 9.80 Å². The number of para-hydroxylation sites is 4. The maximum atomic E-state index is 15.7. The van der Waals surface area contributed by atoms with E-state index in [0.717, 1.165) is 11.4 Å². The van der Waals surface area contributed by atoms with E-state index in [-0.39, 0.29) is 19.2 Å². The van der Waals surface area contributed by atoms with Crippen LogP contribution in [0.1, 0.15) is 0 Å². The van der Waals surface area contributed by atoms with Crippen molar-refractivity contribution in [1.82, 2.24) is 0 Å². The molecule has 194 valence electrons. The molecule has 0 N–H and O–H groups in total. The molecular formula is C36H21B2FN2S. The van der Waals surface area contributed by atoms with Crippen molar-refractivity contribution in [3.8, 4) is 0 Å². The second-order valence-corrected chi connectivity index (χ2v) is 12.5. The largest absolute Gasteiger partial charge is 0.312 e. The molecule has 0 saturated carbocycles. The van der Waals surface area contributed by atoms with Crippen molar-refractivity contribution < 1.29 is 4.39 Å². The van der Waals surface area contributed by atoms with Crippen LogP contribution in [-0.4, -0.2) is 13.4 Å². The molecule has 4 aliphatic heterocycles. The molecule has 2 nitrogen and oxygen atoms in total. The molecule has 6 aromatic carbocycles. The number of nitrogens with zero attached hydrogens (tertiary/aromatic N) is 2. The topological polar surface area (TPSA) is 6.48 Å². The van der Waals surface area contributed by atoms with E-state index >= 15 is 4.39 Å². The van der Waals surface area contributed by atoms with E-state index in [4.69, 9.17) is 0 Å². The average Bonchev–Trinajstić information content (AvgIpc) is 3.04. The van der Waals surface area contributed by atoms with Crippen LogP contribution in [0.4, 0.5) is 38.5 Å². The van der Waals surface area contributed by atoms with Gasteiger partial charge in [-0.3, -0.25) is 0 Å². The first-order chi connectivity index (χ1) is 20.8. The van der Waals surface area contributed by atoms with Crippen LogP contribution in [0.2, 0.25) is 0 Å². The van der Waals surface area contributed by atoms with E-state index in [1.54, 1.807) is 12.1 Å². The lowest BCUT2D eigenvalue weighted by molar-refractivity contribution is 0.629. The lowest BCUT2D eigenvalue weighted by Gasteiger charge is -2.49. The van der Waals surface area contributed by atoms with Crippen LogP contribution < -0.4 is 42.6 Å². The second kappa shape index (κ2) is 8.21. The van der Waals surface area contributed by atoms with Gasteiger partial charge in [0.05, 0.1) is 5.69 Å². The van der Waals surface area contributed by atoms with Gasteiger partial charge in [0.1, 0.15) is 5.82 Å². The number of rotatable bonds is 1. The Morgan fingerprint density at radius 3 is 1.60 bits per heavy atom. The third kappa shape index (κ3) is 2.78. The summed E-state index contributed by atoms with van der Waals surface area (Å²) in [5.41, 5.74) is 14.2. The molecule has 0 saturated heterocycles. The number of hydrogen-bond donors (Lipinski definition) is 0. The first kappa shape index (κ1) is 23.0. The van der Waals surface area contributed by atoms with Crippen LogP contribution >= 0.6 is 11.8 Å². The predicted octanol–water partition coefficient (Wildman–Crippen LogP) is 5.20. The van der Waals surface area contributed by atoms with Crippen LogP contribution in [0, 0.1) is 5.82 Å². The van der Waals surface area contributed by atoms with Crippen molar-refractivity contribution >= 4 is 92.1 Å². The zero-order chi connectivity index (χ0) is 27.5. The smallest absolute Gasteiger partial charge is 0.252 e. The highest BCUT2D eigenvalue weighted by molar-refractivity contribution is 8.00. The van der Waals surface area contributed by atoms with E-state index in [0.29, 0.717) is 5.69 Å². The van der Waals surface area contributed by atoms with Crippen molar-refractivity contribution in [3.63, 3.8) is 0 Å². The lowest BCUT2D eigenvalue weighted by atomic mass is 9.29. The van der Waals surface area contributed by atoms with E-state index in [9.17, 15) is 0 Å². The molecule has 0 unspecified atom stereocenters. The summed E-state index contributed by atoms with van der Waals surface area (Å²) in [6.45, 7) is 0.176. The second-order valence-electron chi connectivity index (χ2n) is 11.4. The Morgan fingerprint density at radius 1 is 0.452 bits per heavy atom. The van der Waals surface area contributed by atoms with Crippen molar-refractivity contribution in [1.29, 1.82) is 0 Å². The summed E-state index contributed by atoms with van der Waals surface area (Å²) in [6.07, 6.45) is 0. The minimum atomic E-state index is -0.224. The van der Waals surface area contributed by atoms with E-state index in [1.807, 2.05) is 23.9 Å². The number of anilines is 6. The van der Waals surface area contributed by atoms with Gasteiger partial charge >= 0.3 is 0 Å². The molecule has 4 aliphatic rings. The highest BCUT2D eigenvalue weighted by atomic mass is 32.2. The van der Waals surface area contributed by atoms with Crippen LogP contribution in [0.3, 0.4) is 0 Å². The zero-order valence-electron chi connectivity index (χ0n) is 22.5. The Morgan fingerprint density at radius 2 is 0.952 bits per heavy atom. The van der Waals surface area contributed by atoms with Crippen molar-refractivity contribution in [3.05, 3.63) is 133 Å². The SMILES string of the molecule is Fc1ccccc1N1c2ccccc2B2c3ccccc3N3c4ccccc4B4c5ccccc5Sc5cc1c2c3c54. The van der Waals surface area contributed by atoms with Gasteiger partial charge in [-0.25, -0.2) is 4.39 Å². The quantitative estimate of drug-likeness (QED) is 0.258. The van der Waals surface area contributed by atoms with Crippen LogP contribution in [-0.2, 0) is 0 Å². The summed E-state index contributed by atoms with van der Waals surface area (Å²) >= 11 is 1.84.